The van der Waals surface area contributed by atoms with E-state index < -0.39 is 106 Å². The SMILES string of the molecule is C=CCN(CCC[Si](OC)(OC)OC)CCC[Si](OC)(OC)OC.CCO[Si](CCCN(CCC[Si](OCC)(OCC)OCC)CCC[Si](OCC)(OCC)OCC)(OCC)OCC.CCO[Si](CCCN(CCN)CCC[Si](OCC)(OCC)OCC)(OC)OCC.CO[Si](CCCN(CCC[Si](OC)(OC)OC)CCC[Si](OC)(OC)OC)(OC)OC.CO[Si](CCCN(CCN)CCC[Si](OC)(OC)OC)(OC)OC. The molecular weight excluding hydrogens is 2130 g/mol. The molecule has 0 aromatic carbocycles. The molecule has 0 saturated carbocycles. The van der Waals surface area contributed by atoms with Gasteiger partial charge in [0.05, 0.1) is 0 Å². The van der Waals surface area contributed by atoms with Crippen molar-refractivity contribution >= 4 is 106 Å². The van der Waals surface area contributed by atoms with Gasteiger partial charge >= 0.3 is 106 Å². The summed E-state index contributed by atoms with van der Waals surface area (Å²) in [5, 5.41) is 0. The normalized spacial score (nSPS) is 13.0. The van der Waals surface area contributed by atoms with Crippen LogP contribution in [0.1, 0.15) is 174 Å². The second kappa shape index (κ2) is 98.4. The average molecular weight is 2350 g/mol. The number of hydrogen-bond donors (Lipinski definition) is 2. The van der Waals surface area contributed by atoms with Gasteiger partial charge in [-0.2, -0.15) is 0 Å². The van der Waals surface area contributed by atoms with E-state index in [1.165, 1.54) is 0 Å². The van der Waals surface area contributed by atoms with Gasteiger partial charge in [-0.25, -0.2) is 0 Å². The summed E-state index contributed by atoms with van der Waals surface area (Å²) in [5.41, 5.74) is 11.6. The first-order chi connectivity index (χ1) is 71.2. The molecule has 0 spiro atoms. The molecular formula is C93H225N7O36Si12. The highest BCUT2D eigenvalue weighted by molar-refractivity contribution is 6.64. The Morgan fingerprint density at radius 3 is 0.365 bits per heavy atom. The number of nitrogens with zero attached hydrogens (tertiary/aromatic N) is 5. The third-order valence-corrected chi connectivity index (χ3v) is 60.2. The molecule has 43 nitrogen and oxygen atoms in total. The smallest absolute Gasteiger partial charge is 0.377 e. The van der Waals surface area contributed by atoms with E-state index in [2.05, 4.69) is 31.1 Å². The predicted molar refractivity (Wildman–Crippen MR) is 610 cm³/mol. The van der Waals surface area contributed by atoms with Gasteiger partial charge in [-0.05, 0) is 253 Å². The zero-order valence-electron chi connectivity index (χ0n) is 100. The van der Waals surface area contributed by atoms with Crippen LogP contribution in [0.25, 0.3) is 0 Å². The molecule has 55 heteroatoms. The molecule has 0 aliphatic rings. The van der Waals surface area contributed by atoms with Crippen molar-refractivity contribution in [3.8, 4) is 0 Å². The van der Waals surface area contributed by atoms with Gasteiger partial charge < -0.3 is 190 Å². The topological polar surface area (TPSA) is 401 Å². The van der Waals surface area contributed by atoms with Crippen molar-refractivity contribution in [2.45, 2.75) is 247 Å². The summed E-state index contributed by atoms with van der Waals surface area (Å²) in [6, 6.07) is 9.42. The number of rotatable bonds is 104. The second-order valence-corrected chi connectivity index (χ2v) is 68.9. The number of nitrogens with two attached hydrogens (primary N) is 2. The Morgan fingerprint density at radius 1 is 0.155 bits per heavy atom. The molecule has 0 atom stereocenters. The van der Waals surface area contributed by atoms with Crippen LogP contribution in [0.4, 0.5) is 0 Å². The van der Waals surface area contributed by atoms with Crippen LogP contribution in [0.3, 0.4) is 0 Å². The van der Waals surface area contributed by atoms with Crippen molar-refractivity contribution in [3.63, 3.8) is 0 Å². The molecule has 0 heterocycles. The van der Waals surface area contributed by atoms with Crippen LogP contribution in [0.5, 0.6) is 0 Å². The van der Waals surface area contributed by atoms with Gasteiger partial charge in [-0.3, -0.25) is 4.90 Å². The summed E-state index contributed by atoms with van der Waals surface area (Å²) >= 11 is 0. The highest BCUT2D eigenvalue weighted by atomic mass is 28.4. The molecule has 0 rings (SSSR count). The molecule has 0 fully saturated rings. The first kappa shape index (κ1) is 157. The van der Waals surface area contributed by atoms with Gasteiger partial charge in [-0.15, -0.1) is 6.58 Å². The minimum Gasteiger partial charge on any atom is -0.377 e. The van der Waals surface area contributed by atoms with E-state index in [1.807, 2.05) is 103 Å². The van der Waals surface area contributed by atoms with Gasteiger partial charge in [0, 0.05) is 354 Å². The highest BCUT2D eigenvalue weighted by Crippen LogP contribution is 2.29. The maximum absolute atomic E-state index is 6.09. The van der Waals surface area contributed by atoms with Crippen LogP contribution in [-0.4, -0.2) is 490 Å². The minimum absolute atomic E-state index is 0.591. The van der Waals surface area contributed by atoms with Gasteiger partial charge in [0.15, 0.2) is 0 Å². The summed E-state index contributed by atoms with van der Waals surface area (Å²) in [6.07, 6.45) is 13.1. The lowest BCUT2D eigenvalue weighted by molar-refractivity contribution is 0.0676. The molecule has 0 aromatic heterocycles. The van der Waals surface area contributed by atoms with Gasteiger partial charge in [0.25, 0.3) is 0 Å². The molecule has 0 radical (unpaired) electrons. The maximum Gasteiger partial charge on any atom is 0.500 e. The van der Waals surface area contributed by atoms with Gasteiger partial charge in [-0.1, -0.05) is 6.08 Å². The van der Waals surface area contributed by atoms with Crippen molar-refractivity contribution in [1.29, 1.82) is 0 Å². The summed E-state index contributed by atoms with van der Waals surface area (Å²) in [4.78, 5) is 12.0. The molecule has 148 heavy (non-hydrogen) atoms. The Morgan fingerprint density at radius 2 is 0.257 bits per heavy atom. The first-order valence-electron chi connectivity index (χ1n) is 53.9. The van der Waals surface area contributed by atoms with E-state index in [1.54, 1.807) is 156 Å². The fourth-order valence-electron chi connectivity index (χ4n) is 17.2. The molecule has 0 aliphatic heterocycles. The summed E-state index contributed by atoms with van der Waals surface area (Å²) in [5.74, 6) is 0. The molecule has 0 bridgehead atoms. The second-order valence-electron chi connectivity index (χ2n) is 33.5. The molecule has 0 saturated heterocycles. The monoisotopic (exact) mass is 2350 g/mol. The van der Waals surface area contributed by atoms with Crippen molar-refractivity contribution in [2.24, 2.45) is 11.5 Å². The fraction of sp³-hybridized carbons (Fsp3) is 0.978. The minimum atomic E-state index is -2.68. The largest absolute Gasteiger partial charge is 0.500 e. The summed E-state index contributed by atoms with van der Waals surface area (Å²) in [7, 11) is 5.30. The third kappa shape index (κ3) is 66.9. The standard InChI is InChI=1S/C27H63NO9Si3.C19H46N2O6Si2.C18H45NO9Si3.C15H35NO6Si2.C14H36N2O6Si2/c1-10-29-38(30-11-2,31-12-3)25-19-22-28(23-20-26-39(32-13-4,33-14-5)34-15-6)24-21-27-40(35-16-7,36-17-8)37-18-9;1-7-23-28(22-6,24-8-2)18-12-15-21(17-14-20)16-13-19-29(25-9-3,26-10-4)27-11-5;1-20-29(21-2,22-3)16-10-13-19(14-11-17-30(23-4,24-5)25-6)15-12-18-31(26-7,27-8)28-9;1-8-11-16(12-9-14-23(17-2,18-3)19-4)13-10-15-24(20-5,21-6)22-7;1-17-23(18-2,19-3)13-7-10-16(12-9-15)11-8-14-24(20-4,21-5)22-6/h10-27H2,1-9H3;7-20H2,1-6H3;10-18H2,1-9H3;8H,1,9-15H2,2-7H3;7-15H2,1-6H3. The Kier molecular flexibility index (Phi) is 104. The zero-order chi connectivity index (χ0) is 113. The fourth-order valence-corrected chi connectivity index (χ4v) is 41.7. The van der Waals surface area contributed by atoms with Crippen LogP contribution in [-0.2, 0) is 159 Å². The molecule has 0 aliphatic carbocycles. The number of hydrogen-bond acceptors (Lipinski definition) is 43. The van der Waals surface area contributed by atoms with E-state index in [4.69, 9.17) is 171 Å². The lowest BCUT2D eigenvalue weighted by atomic mass is 10.3. The van der Waals surface area contributed by atoms with Crippen LogP contribution in [0.15, 0.2) is 12.7 Å². The third-order valence-electron chi connectivity index (χ3n) is 24.7. The van der Waals surface area contributed by atoms with Crippen molar-refractivity contribution < 1.29 is 159 Å². The summed E-state index contributed by atoms with van der Waals surface area (Å²) in [6.45, 7) is 55.0. The summed E-state index contributed by atoms with van der Waals surface area (Å²) < 4.78 is 206. The van der Waals surface area contributed by atoms with Crippen molar-refractivity contribution in [3.05, 3.63) is 12.7 Å². The van der Waals surface area contributed by atoms with E-state index in [9.17, 15) is 0 Å². The van der Waals surface area contributed by atoms with Crippen molar-refractivity contribution in [1.82, 2.24) is 24.5 Å². The van der Waals surface area contributed by atoms with Crippen LogP contribution >= 0.6 is 0 Å². The first-order valence-corrected chi connectivity index (χ1v) is 77.1. The molecule has 896 valence electrons. The van der Waals surface area contributed by atoms with Crippen LogP contribution in [0.2, 0.25) is 72.5 Å². The van der Waals surface area contributed by atoms with E-state index in [-0.39, 0.29) is 0 Å². The predicted octanol–water partition coefficient (Wildman–Crippen LogP) is 13.2. The van der Waals surface area contributed by atoms with E-state index in [0.717, 1.165) is 248 Å². The molecule has 0 amide bonds. The van der Waals surface area contributed by atoms with E-state index in [0.29, 0.717) is 106 Å². The quantitative estimate of drug-likeness (QED) is 0.0422. The zero-order valence-corrected chi connectivity index (χ0v) is 112. The van der Waals surface area contributed by atoms with Gasteiger partial charge in [0.1, 0.15) is 0 Å². The molecule has 0 unspecified atom stereocenters. The van der Waals surface area contributed by atoms with Crippen LogP contribution in [0, 0.1) is 0 Å². The Bertz CT molecular complexity index is 2550. The lowest BCUT2D eigenvalue weighted by Gasteiger charge is -2.32. The highest BCUT2D eigenvalue weighted by Gasteiger charge is 2.48. The Balaban J connectivity index is -0.000000583. The van der Waals surface area contributed by atoms with Gasteiger partial charge in [0.2, 0.25) is 0 Å². The van der Waals surface area contributed by atoms with Crippen molar-refractivity contribution in [2.75, 3.05) is 360 Å². The maximum atomic E-state index is 6.09. The van der Waals surface area contributed by atoms with Crippen LogP contribution < -0.4 is 11.5 Å². The Labute approximate surface area is 914 Å². The lowest BCUT2D eigenvalue weighted by Crippen LogP contribution is -2.47. The Hall–Kier alpha value is 0.623. The molecule has 4 N–H and O–H groups in total. The average Bonchev–Trinajstić information content (AvgIpc) is 0.862. The van der Waals surface area contributed by atoms with E-state index >= 15 is 0 Å². The molecule has 0 aromatic rings.